The summed E-state index contributed by atoms with van der Waals surface area (Å²) in [6, 6.07) is 21.1. The molecule has 0 aliphatic heterocycles. The van der Waals surface area contributed by atoms with Gasteiger partial charge in [0.05, 0.1) is 13.7 Å². The van der Waals surface area contributed by atoms with Gasteiger partial charge in [-0.05, 0) is 41.0 Å². The number of aliphatic hydroxyl groups excluding tert-OH is 1. The van der Waals surface area contributed by atoms with Gasteiger partial charge in [-0.25, -0.2) is 0 Å². The van der Waals surface area contributed by atoms with Crippen LogP contribution in [0.2, 0.25) is 0 Å². The molecule has 0 fully saturated rings. The first kappa shape index (κ1) is 16.9. The molecule has 0 heterocycles. The van der Waals surface area contributed by atoms with Crippen molar-refractivity contribution in [1.82, 2.24) is 0 Å². The molecule has 0 saturated heterocycles. The summed E-state index contributed by atoms with van der Waals surface area (Å²) >= 11 is 0. The Balaban J connectivity index is 1.86. The fourth-order valence-corrected chi connectivity index (χ4v) is 2.61. The lowest BCUT2D eigenvalue weighted by atomic mass is 10.0. The van der Waals surface area contributed by atoms with Gasteiger partial charge in [0.15, 0.2) is 11.5 Å². The van der Waals surface area contributed by atoms with Gasteiger partial charge in [-0.15, -0.1) is 0 Å². The zero-order chi connectivity index (χ0) is 17.6. The standard InChI is InChI=1S/C21H20O4/c1-24-20-12-17(10-18(13-22)21(20)23)16-8-5-9-19(11-16)25-14-15-6-3-2-4-7-15/h2-12,22-23H,13-14H2,1H3. The predicted octanol–water partition coefficient (Wildman–Crippen LogP) is 4.14. The van der Waals surface area contributed by atoms with E-state index in [1.54, 1.807) is 12.1 Å². The Morgan fingerprint density at radius 1 is 0.880 bits per heavy atom. The lowest BCUT2D eigenvalue weighted by Crippen LogP contribution is -1.95. The van der Waals surface area contributed by atoms with Gasteiger partial charge in [0.25, 0.3) is 0 Å². The molecule has 0 radical (unpaired) electrons. The summed E-state index contributed by atoms with van der Waals surface area (Å²) in [5.41, 5.74) is 3.27. The minimum atomic E-state index is -0.264. The van der Waals surface area contributed by atoms with E-state index < -0.39 is 0 Å². The van der Waals surface area contributed by atoms with Gasteiger partial charge in [-0.3, -0.25) is 0 Å². The van der Waals surface area contributed by atoms with Crippen molar-refractivity contribution in [3.05, 3.63) is 77.9 Å². The molecule has 3 aromatic carbocycles. The second kappa shape index (κ2) is 7.73. The van der Waals surface area contributed by atoms with Crippen molar-refractivity contribution >= 4 is 0 Å². The second-order valence-corrected chi connectivity index (χ2v) is 5.65. The van der Waals surface area contributed by atoms with Crippen LogP contribution in [0.4, 0.5) is 0 Å². The van der Waals surface area contributed by atoms with Crippen LogP contribution in [0, 0.1) is 0 Å². The van der Waals surface area contributed by atoms with Crippen LogP contribution in [0.3, 0.4) is 0 Å². The van der Waals surface area contributed by atoms with E-state index in [4.69, 9.17) is 9.47 Å². The van der Waals surface area contributed by atoms with Crippen molar-refractivity contribution in [1.29, 1.82) is 0 Å². The molecule has 0 bridgehead atoms. The van der Waals surface area contributed by atoms with Crippen LogP contribution in [0.1, 0.15) is 11.1 Å². The smallest absolute Gasteiger partial charge is 0.163 e. The van der Waals surface area contributed by atoms with Crippen molar-refractivity contribution in [2.45, 2.75) is 13.2 Å². The fourth-order valence-electron chi connectivity index (χ4n) is 2.61. The topological polar surface area (TPSA) is 58.9 Å². The molecule has 2 N–H and O–H groups in total. The van der Waals surface area contributed by atoms with E-state index >= 15 is 0 Å². The van der Waals surface area contributed by atoms with Gasteiger partial charge < -0.3 is 19.7 Å². The van der Waals surface area contributed by atoms with Crippen molar-refractivity contribution < 1.29 is 19.7 Å². The minimum Gasteiger partial charge on any atom is -0.504 e. The highest BCUT2D eigenvalue weighted by atomic mass is 16.5. The molecule has 0 aliphatic carbocycles. The summed E-state index contributed by atoms with van der Waals surface area (Å²) in [6.07, 6.45) is 0. The third-order valence-electron chi connectivity index (χ3n) is 3.96. The monoisotopic (exact) mass is 336 g/mol. The van der Waals surface area contributed by atoms with Crippen molar-refractivity contribution in [2.75, 3.05) is 7.11 Å². The average Bonchev–Trinajstić information content (AvgIpc) is 2.67. The van der Waals surface area contributed by atoms with Crippen LogP contribution >= 0.6 is 0 Å². The highest BCUT2D eigenvalue weighted by Crippen LogP contribution is 2.36. The molecular formula is C21H20O4. The highest BCUT2D eigenvalue weighted by Gasteiger charge is 2.11. The third kappa shape index (κ3) is 3.92. The van der Waals surface area contributed by atoms with Gasteiger partial charge in [-0.2, -0.15) is 0 Å². The number of aliphatic hydroxyl groups is 1. The normalized spacial score (nSPS) is 10.5. The molecule has 0 spiro atoms. The number of ether oxygens (including phenoxy) is 2. The maximum absolute atomic E-state index is 10.0. The molecule has 25 heavy (non-hydrogen) atoms. The maximum Gasteiger partial charge on any atom is 0.163 e. The fraction of sp³-hybridized carbons (Fsp3) is 0.143. The molecular weight excluding hydrogens is 316 g/mol. The van der Waals surface area contributed by atoms with E-state index in [9.17, 15) is 10.2 Å². The van der Waals surface area contributed by atoms with E-state index in [1.807, 2.05) is 54.6 Å². The Hall–Kier alpha value is -2.98. The molecule has 0 atom stereocenters. The zero-order valence-electron chi connectivity index (χ0n) is 14.0. The van der Waals surface area contributed by atoms with Crippen molar-refractivity contribution in [3.8, 4) is 28.4 Å². The van der Waals surface area contributed by atoms with Crippen molar-refractivity contribution in [2.24, 2.45) is 0 Å². The number of aromatic hydroxyl groups is 1. The van der Waals surface area contributed by atoms with E-state index in [0.717, 1.165) is 22.4 Å². The van der Waals surface area contributed by atoms with Crippen LogP contribution in [-0.4, -0.2) is 17.3 Å². The van der Waals surface area contributed by atoms with Crippen molar-refractivity contribution in [3.63, 3.8) is 0 Å². The first-order valence-corrected chi connectivity index (χ1v) is 7.99. The summed E-state index contributed by atoms with van der Waals surface area (Å²) in [4.78, 5) is 0. The van der Waals surface area contributed by atoms with E-state index in [1.165, 1.54) is 7.11 Å². The molecule has 0 aromatic heterocycles. The second-order valence-electron chi connectivity index (χ2n) is 5.65. The molecule has 0 unspecified atom stereocenters. The molecule has 3 rings (SSSR count). The Morgan fingerprint density at radius 2 is 1.68 bits per heavy atom. The largest absolute Gasteiger partial charge is 0.504 e. The third-order valence-corrected chi connectivity index (χ3v) is 3.96. The maximum atomic E-state index is 10.0. The van der Waals surface area contributed by atoms with Crippen LogP contribution < -0.4 is 9.47 Å². The van der Waals surface area contributed by atoms with Crippen LogP contribution in [0.25, 0.3) is 11.1 Å². The number of methoxy groups -OCH3 is 1. The van der Waals surface area contributed by atoms with Gasteiger partial charge in [-0.1, -0.05) is 42.5 Å². The lowest BCUT2D eigenvalue weighted by molar-refractivity contribution is 0.272. The van der Waals surface area contributed by atoms with Crippen LogP contribution in [0.15, 0.2) is 66.7 Å². The molecule has 0 amide bonds. The van der Waals surface area contributed by atoms with E-state index in [0.29, 0.717) is 17.9 Å². The number of rotatable bonds is 6. The lowest BCUT2D eigenvalue weighted by Gasteiger charge is -2.12. The number of benzene rings is 3. The minimum absolute atomic E-state index is 0.0368. The average molecular weight is 336 g/mol. The predicted molar refractivity (Wildman–Crippen MR) is 96.8 cm³/mol. The molecule has 0 saturated carbocycles. The number of hydrogen-bond acceptors (Lipinski definition) is 4. The Kier molecular flexibility index (Phi) is 5.21. The van der Waals surface area contributed by atoms with E-state index in [-0.39, 0.29) is 12.4 Å². The number of phenols is 1. The summed E-state index contributed by atoms with van der Waals surface area (Å²) in [5, 5.41) is 19.4. The summed E-state index contributed by atoms with van der Waals surface area (Å²) in [5.74, 6) is 1.04. The quantitative estimate of drug-likeness (QED) is 0.710. The summed E-state index contributed by atoms with van der Waals surface area (Å²) in [6.45, 7) is 0.227. The Labute approximate surface area is 146 Å². The first-order chi connectivity index (χ1) is 12.2. The zero-order valence-corrected chi connectivity index (χ0v) is 14.0. The van der Waals surface area contributed by atoms with Gasteiger partial charge in [0, 0.05) is 5.56 Å². The van der Waals surface area contributed by atoms with E-state index in [2.05, 4.69) is 0 Å². The van der Waals surface area contributed by atoms with Crippen LogP contribution in [0.5, 0.6) is 17.2 Å². The van der Waals surface area contributed by atoms with Gasteiger partial charge in [0.2, 0.25) is 0 Å². The van der Waals surface area contributed by atoms with Crippen LogP contribution in [-0.2, 0) is 13.2 Å². The molecule has 3 aromatic rings. The summed E-state index contributed by atoms with van der Waals surface area (Å²) < 4.78 is 11.1. The Morgan fingerprint density at radius 3 is 2.40 bits per heavy atom. The molecule has 4 heteroatoms. The molecule has 0 aliphatic rings. The molecule has 128 valence electrons. The SMILES string of the molecule is COc1cc(-c2cccc(OCc3ccccc3)c2)cc(CO)c1O. The number of hydrogen-bond donors (Lipinski definition) is 2. The molecule has 4 nitrogen and oxygen atoms in total. The first-order valence-electron chi connectivity index (χ1n) is 7.99. The van der Waals surface area contributed by atoms with Gasteiger partial charge in [0.1, 0.15) is 12.4 Å². The van der Waals surface area contributed by atoms with Gasteiger partial charge >= 0.3 is 0 Å². The Bertz CT molecular complexity index is 819. The summed E-state index contributed by atoms with van der Waals surface area (Å²) in [7, 11) is 1.49. The highest BCUT2D eigenvalue weighted by molar-refractivity contribution is 5.70.